The third-order valence-electron chi connectivity index (χ3n) is 4.11. The van der Waals surface area contributed by atoms with Crippen molar-refractivity contribution in [2.24, 2.45) is 0 Å². The van der Waals surface area contributed by atoms with Crippen LogP contribution < -0.4 is 0 Å². The van der Waals surface area contributed by atoms with Crippen molar-refractivity contribution in [2.45, 2.75) is 104 Å². The molecule has 0 saturated heterocycles. The van der Waals surface area contributed by atoms with E-state index in [9.17, 15) is 0 Å². The average molecular weight is 589 g/mol. The van der Waals surface area contributed by atoms with Gasteiger partial charge in [-0.1, -0.05) is 0 Å². The predicted octanol–water partition coefficient (Wildman–Crippen LogP) is 7.56. The first-order chi connectivity index (χ1) is 11.7. The second-order valence-corrected chi connectivity index (χ2v) is 14.9. The molecule has 0 amide bonds. The van der Waals surface area contributed by atoms with Crippen LogP contribution in [0, 0.1) is 0 Å². The molecule has 0 aromatic heterocycles. The van der Waals surface area contributed by atoms with E-state index < -0.39 is 5.69 Å². The fraction of sp³-hybridized carbons (Fsp3) is 1.00. The Labute approximate surface area is 177 Å². The van der Waals surface area contributed by atoms with E-state index in [1.54, 1.807) is 11.4 Å². The van der Waals surface area contributed by atoms with Gasteiger partial charge in [0, 0.05) is 0 Å². The number of rotatable bonds is 19. The summed E-state index contributed by atoms with van der Waals surface area (Å²) in [6.07, 6.45) is 18.6. The summed E-state index contributed by atoms with van der Waals surface area (Å²) < 4.78 is 11.6. The monoisotopic (exact) mass is 589 g/mol. The predicted molar refractivity (Wildman–Crippen MR) is 116 cm³/mol. The molecule has 0 aliphatic heterocycles. The molecule has 0 aliphatic carbocycles. The molecule has 0 saturated carbocycles. The van der Waals surface area contributed by atoms with Crippen molar-refractivity contribution >= 4 is 55.1 Å². The second-order valence-electron chi connectivity index (χ2n) is 6.45. The molecule has 1 atom stereocenters. The maximum absolute atomic E-state index is 5.97. The van der Waals surface area contributed by atoms with Gasteiger partial charge in [-0.05, 0) is 0 Å². The second kappa shape index (κ2) is 19.6. The first-order valence-electron chi connectivity index (χ1n) is 9.93. The summed E-state index contributed by atoms with van der Waals surface area (Å²) in [4.78, 5) is 0. The molecule has 6 heteroatoms. The molecule has 0 spiro atoms. The van der Waals surface area contributed by atoms with Crippen LogP contribution in [-0.4, -0.2) is 38.6 Å². The van der Waals surface area contributed by atoms with Gasteiger partial charge in [-0.3, -0.25) is 0 Å². The molecule has 0 aliphatic rings. The Morgan fingerprint density at radius 1 is 0.750 bits per heavy atom. The molecule has 0 aromatic carbocycles. The summed E-state index contributed by atoms with van der Waals surface area (Å²) in [5.74, 6) is 1.10. The Kier molecular flexibility index (Phi) is 21.1. The van der Waals surface area contributed by atoms with Gasteiger partial charge in [0.25, 0.3) is 0 Å². The Morgan fingerprint density at radius 2 is 1.21 bits per heavy atom. The van der Waals surface area contributed by atoms with E-state index in [0.717, 1.165) is 18.8 Å². The van der Waals surface area contributed by atoms with Crippen LogP contribution in [-0.2, 0) is 18.8 Å². The zero-order valence-electron chi connectivity index (χ0n) is 15.9. The van der Waals surface area contributed by atoms with E-state index in [-0.39, 0.29) is 0 Å². The van der Waals surface area contributed by atoms with Crippen LogP contribution in [0.4, 0.5) is 0 Å². The van der Waals surface area contributed by atoms with Gasteiger partial charge in [0.05, 0.1) is 0 Å². The van der Waals surface area contributed by atoms with Crippen LogP contribution in [0.15, 0.2) is 0 Å². The SMILES string of the molecule is CCCCCCCCCOP(=S)([O][Pb])SCCCCCCCCC. The van der Waals surface area contributed by atoms with Crippen LogP contribution >= 0.6 is 17.1 Å². The summed E-state index contributed by atoms with van der Waals surface area (Å²) >= 11 is 8.11. The van der Waals surface area contributed by atoms with Gasteiger partial charge in [0.2, 0.25) is 0 Å². The Balaban J connectivity index is 3.53. The molecule has 1 unspecified atom stereocenters. The topological polar surface area (TPSA) is 18.5 Å². The molecule has 0 heterocycles. The molecule has 0 N–H and O–H groups in total. The standard InChI is InChI=1S/C18H39O2PS2.Pb/c1-3-5-7-9-11-13-15-17-20-21(19,22)23-18-16-14-12-10-8-6-4-2;/h3-18H2,1-2H3,(H,19,22);/q;+1/p-1. The number of unbranched alkanes of at least 4 members (excludes halogenated alkanes) is 12. The molecule has 0 rings (SSSR count). The van der Waals surface area contributed by atoms with Gasteiger partial charge in [0.1, 0.15) is 0 Å². The van der Waals surface area contributed by atoms with Gasteiger partial charge in [-0.15, -0.1) is 0 Å². The zero-order chi connectivity index (χ0) is 17.9. The third-order valence-corrected chi connectivity index (χ3v) is 15.2. The number of hydrogen-bond donors (Lipinski definition) is 0. The molecule has 0 aromatic rings. The molecule has 0 bridgehead atoms. The van der Waals surface area contributed by atoms with E-state index in [1.165, 1.54) is 83.5 Å². The van der Waals surface area contributed by atoms with Crippen LogP contribution in [0.3, 0.4) is 0 Å². The molecule has 143 valence electrons. The Bertz CT molecular complexity index is 283. The molecule has 0 fully saturated rings. The summed E-state index contributed by atoms with van der Waals surface area (Å²) in [5.41, 5.74) is -2.02. The zero-order valence-corrected chi connectivity index (χ0v) is 22.3. The fourth-order valence-corrected chi connectivity index (χ4v) is 8.67. The van der Waals surface area contributed by atoms with E-state index in [4.69, 9.17) is 18.8 Å². The van der Waals surface area contributed by atoms with E-state index in [2.05, 4.69) is 13.8 Å². The van der Waals surface area contributed by atoms with Gasteiger partial charge in [-0.2, -0.15) is 0 Å². The molecule has 24 heavy (non-hydrogen) atoms. The van der Waals surface area contributed by atoms with Gasteiger partial charge < -0.3 is 0 Å². The van der Waals surface area contributed by atoms with Crippen molar-refractivity contribution < 1.29 is 7.00 Å². The molecule has 3 radical (unpaired) electrons. The van der Waals surface area contributed by atoms with E-state index in [0.29, 0.717) is 26.2 Å². The van der Waals surface area contributed by atoms with Crippen molar-refractivity contribution in [1.29, 1.82) is 0 Å². The van der Waals surface area contributed by atoms with Gasteiger partial charge in [0.15, 0.2) is 0 Å². The van der Waals surface area contributed by atoms with Gasteiger partial charge >= 0.3 is 178 Å². The van der Waals surface area contributed by atoms with Crippen LogP contribution in [0.1, 0.15) is 104 Å². The van der Waals surface area contributed by atoms with Crippen LogP contribution in [0.5, 0.6) is 0 Å². The van der Waals surface area contributed by atoms with E-state index in [1.807, 2.05) is 0 Å². The minimum absolute atomic E-state index is 0.688. The first-order valence-corrected chi connectivity index (χ1v) is 15.7. The van der Waals surface area contributed by atoms with Crippen molar-refractivity contribution in [3.05, 3.63) is 0 Å². The molecular weight excluding hydrogens is 551 g/mol. The fourth-order valence-electron chi connectivity index (χ4n) is 2.56. The summed E-state index contributed by atoms with van der Waals surface area (Å²) in [5, 5.41) is 0. The average Bonchev–Trinajstić information content (AvgIpc) is 2.59. The van der Waals surface area contributed by atoms with Crippen molar-refractivity contribution in [3.8, 4) is 0 Å². The normalized spacial score (nSPS) is 14.0. The van der Waals surface area contributed by atoms with Crippen LogP contribution in [0.25, 0.3) is 0 Å². The van der Waals surface area contributed by atoms with Crippen molar-refractivity contribution in [2.75, 3.05) is 12.4 Å². The minimum atomic E-state index is -2.02. The summed E-state index contributed by atoms with van der Waals surface area (Å²) in [7, 11) is 0. The summed E-state index contributed by atoms with van der Waals surface area (Å²) in [6, 6.07) is 0. The van der Waals surface area contributed by atoms with Crippen molar-refractivity contribution in [3.63, 3.8) is 0 Å². The first kappa shape index (κ1) is 25.8. The third kappa shape index (κ3) is 17.3. The summed E-state index contributed by atoms with van der Waals surface area (Å²) in [6.45, 7) is 5.32. The molecule has 2 nitrogen and oxygen atoms in total. The molecular formula is C18H38O2PPbS2. The van der Waals surface area contributed by atoms with E-state index >= 15 is 0 Å². The quantitative estimate of drug-likeness (QED) is 0.0880. The maximum atomic E-state index is 5.97. The number of hydrogen-bond acceptors (Lipinski definition) is 4. The Morgan fingerprint density at radius 3 is 1.71 bits per heavy atom. The van der Waals surface area contributed by atoms with Crippen LogP contribution in [0.2, 0.25) is 0 Å². The Hall–Kier alpha value is 1.84. The van der Waals surface area contributed by atoms with Gasteiger partial charge in [-0.25, -0.2) is 0 Å². The van der Waals surface area contributed by atoms with Crippen molar-refractivity contribution in [1.82, 2.24) is 0 Å².